The highest BCUT2D eigenvalue weighted by molar-refractivity contribution is 6.30. The summed E-state index contributed by atoms with van der Waals surface area (Å²) < 4.78 is 1.83. The van der Waals surface area contributed by atoms with Crippen LogP contribution in [0.5, 0.6) is 0 Å². The van der Waals surface area contributed by atoms with E-state index in [2.05, 4.69) is 36.4 Å². The molecule has 2 aromatic carbocycles. The largest absolute Gasteiger partial charge is 0.352 e. The number of aryl methyl sites for hydroxylation is 1. The Bertz CT molecular complexity index is 916. The molecule has 27 heavy (non-hydrogen) atoms. The molecular formula is C22H24ClN3O. The first-order chi connectivity index (χ1) is 13.1. The summed E-state index contributed by atoms with van der Waals surface area (Å²) in [7, 11) is 0. The third-order valence-corrected chi connectivity index (χ3v) is 4.86. The summed E-state index contributed by atoms with van der Waals surface area (Å²) >= 11 is 5.98. The standard InChI is InChI=1S/C22H24ClN3O/c1-3-6-21-20(15-25-26(21)19-11-9-18(23)10-12-19)22(27)24-14-13-17-8-5-4-7-16(17)2/h4-5,7-12,15H,3,6,13-14H2,1-2H3,(H,24,27). The second-order valence-electron chi connectivity index (χ2n) is 6.58. The lowest BCUT2D eigenvalue weighted by atomic mass is 10.1. The van der Waals surface area contributed by atoms with Crippen LogP contribution in [0.3, 0.4) is 0 Å². The van der Waals surface area contributed by atoms with Gasteiger partial charge in [-0.05, 0) is 55.2 Å². The predicted octanol–water partition coefficient (Wildman–Crippen LogP) is 4.76. The minimum absolute atomic E-state index is 0.0766. The Hall–Kier alpha value is -2.59. The summed E-state index contributed by atoms with van der Waals surface area (Å²) in [5, 5.41) is 8.16. The summed E-state index contributed by atoms with van der Waals surface area (Å²) in [4.78, 5) is 12.7. The van der Waals surface area contributed by atoms with Gasteiger partial charge in [-0.3, -0.25) is 4.79 Å². The Balaban J connectivity index is 1.74. The zero-order valence-corrected chi connectivity index (χ0v) is 16.5. The van der Waals surface area contributed by atoms with E-state index in [4.69, 9.17) is 11.6 Å². The molecule has 0 atom stereocenters. The fourth-order valence-corrected chi connectivity index (χ4v) is 3.27. The van der Waals surface area contributed by atoms with E-state index in [1.54, 1.807) is 6.20 Å². The van der Waals surface area contributed by atoms with Crippen molar-refractivity contribution in [2.75, 3.05) is 6.54 Å². The average Bonchev–Trinajstić information content (AvgIpc) is 3.08. The third kappa shape index (κ3) is 4.58. The van der Waals surface area contributed by atoms with E-state index < -0.39 is 0 Å². The second-order valence-corrected chi connectivity index (χ2v) is 7.01. The van der Waals surface area contributed by atoms with Gasteiger partial charge in [0.25, 0.3) is 5.91 Å². The molecule has 0 saturated carbocycles. The Morgan fingerprint density at radius 1 is 1.11 bits per heavy atom. The van der Waals surface area contributed by atoms with E-state index in [0.29, 0.717) is 17.1 Å². The number of hydrogen-bond donors (Lipinski definition) is 1. The van der Waals surface area contributed by atoms with Gasteiger partial charge in [-0.15, -0.1) is 0 Å². The van der Waals surface area contributed by atoms with Gasteiger partial charge >= 0.3 is 0 Å². The van der Waals surface area contributed by atoms with Crippen molar-refractivity contribution in [1.82, 2.24) is 15.1 Å². The molecule has 0 unspecified atom stereocenters. The number of nitrogens with one attached hydrogen (secondary N) is 1. The van der Waals surface area contributed by atoms with Crippen molar-refractivity contribution in [2.45, 2.75) is 33.1 Å². The van der Waals surface area contributed by atoms with E-state index >= 15 is 0 Å². The topological polar surface area (TPSA) is 46.9 Å². The summed E-state index contributed by atoms with van der Waals surface area (Å²) in [6, 6.07) is 15.7. The quantitative estimate of drug-likeness (QED) is 0.641. The molecule has 1 N–H and O–H groups in total. The van der Waals surface area contributed by atoms with Crippen LogP contribution in [-0.2, 0) is 12.8 Å². The monoisotopic (exact) mass is 381 g/mol. The number of carbonyl (C=O) groups is 1. The molecule has 4 nitrogen and oxygen atoms in total. The third-order valence-electron chi connectivity index (χ3n) is 4.61. The minimum atomic E-state index is -0.0766. The second kappa shape index (κ2) is 8.87. The number of hydrogen-bond acceptors (Lipinski definition) is 2. The number of benzene rings is 2. The lowest BCUT2D eigenvalue weighted by Crippen LogP contribution is -2.26. The number of carbonyl (C=O) groups excluding carboxylic acids is 1. The summed E-state index contributed by atoms with van der Waals surface area (Å²) in [6.45, 7) is 4.78. The fraction of sp³-hybridized carbons (Fsp3) is 0.273. The fourth-order valence-electron chi connectivity index (χ4n) is 3.14. The van der Waals surface area contributed by atoms with Crippen LogP contribution in [0.25, 0.3) is 5.69 Å². The summed E-state index contributed by atoms with van der Waals surface area (Å²) in [6.07, 6.45) is 4.18. The van der Waals surface area contributed by atoms with Gasteiger partial charge in [0.15, 0.2) is 0 Å². The zero-order valence-electron chi connectivity index (χ0n) is 15.7. The van der Waals surface area contributed by atoms with Crippen LogP contribution < -0.4 is 5.32 Å². The maximum absolute atomic E-state index is 12.7. The SMILES string of the molecule is CCCc1c(C(=O)NCCc2ccccc2C)cnn1-c1ccc(Cl)cc1. The number of nitrogens with zero attached hydrogens (tertiary/aromatic N) is 2. The molecule has 0 aliphatic heterocycles. The molecule has 3 rings (SSSR count). The number of amides is 1. The molecule has 0 aliphatic carbocycles. The van der Waals surface area contributed by atoms with E-state index in [1.807, 2.05) is 41.1 Å². The Labute approximate surface area is 165 Å². The lowest BCUT2D eigenvalue weighted by Gasteiger charge is -2.10. The first-order valence-corrected chi connectivity index (χ1v) is 9.63. The van der Waals surface area contributed by atoms with Crippen LogP contribution >= 0.6 is 11.6 Å². The molecule has 0 saturated heterocycles. The van der Waals surface area contributed by atoms with Crippen molar-refractivity contribution < 1.29 is 4.79 Å². The van der Waals surface area contributed by atoms with Gasteiger partial charge in [-0.25, -0.2) is 4.68 Å². The van der Waals surface area contributed by atoms with Crippen LogP contribution in [-0.4, -0.2) is 22.2 Å². The molecule has 1 aromatic heterocycles. The highest BCUT2D eigenvalue weighted by Crippen LogP contribution is 2.19. The minimum Gasteiger partial charge on any atom is -0.352 e. The first-order valence-electron chi connectivity index (χ1n) is 9.25. The van der Waals surface area contributed by atoms with Crippen LogP contribution in [0.1, 0.15) is 40.5 Å². The molecule has 0 aliphatic rings. The molecule has 0 bridgehead atoms. The maximum Gasteiger partial charge on any atom is 0.254 e. The van der Waals surface area contributed by atoms with Crippen molar-refractivity contribution >= 4 is 17.5 Å². The predicted molar refractivity (Wildman–Crippen MR) is 110 cm³/mol. The smallest absolute Gasteiger partial charge is 0.254 e. The number of halogens is 1. The van der Waals surface area contributed by atoms with Crippen molar-refractivity contribution in [1.29, 1.82) is 0 Å². The van der Waals surface area contributed by atoms with Gasteiger partial charge in [-0.1, -0.05) is 49.2 Å². The van der Waals surface area contributed by atoms with Crippen molar-refractivity contribution in [3.05, 3.63) is 82.1 Å². The maximum atomic E-state index is 12.7. The summed E-state index contributed by atoms with van der Waals surface area (Å²) in [5.74, 6) is -0.0766. The van der Waals surface area contributed by atoms with Gasteiger partial charge in [0.05, 0.1) is 23.1 Å². The molecule has 5 heteroatoms. The molecule has 1 heterocycles. The van der Waals surface area contributed by atoms with Gasteiger partial charge in [0.2, 0.25) is 0 Å². The Kier molecular flexibility index (Phi) is 6.30. The van der Waals surface area contributed by atoms with Crippen molar-refractivity contribution in [2.24, 2.45) is 0 Å². The van der Waals surface area contributed by atoms with Gasteiger partial charge in [0, 0.05) is 11.6 Å². The molecule has 0 fully saturated rings. The molecular weight excluding hydrogens is 358 g/mol. The number of aromatic nitrogens is 2. The lowest BCUT2D eigenvalue weighted by molar-refractivity contribution is 0.0953. The molecule has 3 aromatic rings. The van der Waals surface area contributed by atoms with Gasteiger partial charge in [-0.2, -0.15) is 5.10 Å². The van der Waals surface area contributed by atoms with E-state index in [0.717, 1.165) is 30.6 Å². The number of rotatable bonds is 7. The first kappa shape index (κ1) is 19.2. The normalized spacial score (nSPS) is 10.8. The van der Waals surface area contributed by atoms with E-state index in [9.17, 15) is 4.79 Å². The van der Waals surface area contributed by atoms with Crippen molar-refractivity contribution in [3.63, 3.8) is 0 Å². The van der Waals surface area contributed by atoms with E-state index in [-0.39, 0.29) is 5.91 Å². The molecule has 1 amide bonds. The van der Waals surface area contributed by atoms with Crippen molar-refractivity contribution in [3.8, 4) is 5.69 Å². The van der Waals surface area contributed by atoms with Crippen LogP contribution in [0, 0.1) is 6.92 Å². The van der Waals surface area contributed by atoms with Crippen LogP contribution in [0.2, 0.25) is 5.02 Å². The van der Waals surface area contributed by atoms with Crippen LogP contribution in [0.4, 0.5) is 0 Å². The van der Waals surface area contributed by atoms with E-state index in [1.165, 1.54) is 11.1 Å². The Morgan fingerprint density at radius 2 is 1.85 bits per heavy atom. The highest BCUT2D eigenvalue weighted by Gasteiger charge is 2.17. The summed E-state index contributed by atoms with van der Waals surface area (Å²) in [5.41, 5.74) is 4.96. The Morgan fingerprint density at radius 3 is 2.56 bits per heavy atom. The molecule has 0 spiro atoms. The van der Waals surface area contributed by atoms with Gasteiger partial charge in [0.1, 0.15) is 0 Å². The molecule has 140 valence electrons. The zero-order chi connectivity index (χ0) is 19.2. The average molecular weight is 382 g/mol. The highest BCUT2D eigenvalue weighted by atomic mass is 35.5. The van der Waals surface area contributed by atoms with Gasteiger partial charge < -0.3 is 5.32 Å². The molecule has 0 radical (unpaired) electrons. The van der Waals surface area contributed by atoms with Crippen LogP contribution in [0.15, 0.2) is 54.7 Å².